The molecule has 0 radical (unpaired) electrons. The van der Waals surface area contributed by atoms with Crippen molar-refractivity contribution in [2.24, 2.45) is 0 Å². The fraction of sp³-hybridized carbons (Fsp3) is 0.545. The Balaban J connectivity index is 2.27. The summed E-state index contributed by atoms with van der Waals surface area (Å²) in [6.07, 6.45) is 2.99. The molecule has 1 aliphatic heterocycles. The fourth-order valence-electron chi connectivity index (χ4n) is 1.91. The minimum Gasteiger partial charge on any atom is -0.481 e. The Morgan fingerprint density at radius 2 is 2.20 bits per heavy atom. The molecule has 0 amide bonds. The fourth-order valence-corrected chi connectivity index (χ4v) is 1.91. The first kappa shape index (κ1) is 10.4. The predicted octanol–water partition coefficient (Wildman–Crippen LogP) is 2.12. The van der Waals surface area contributed by atoms with Gasteiger partial charge in [-0.05, 0) is 24.8 Å². The average molecular weight is 211 g/mol. The van der Waals surface area contributed by atoms with Crippen LogP contribution in [0.1, 0.15) is 24.3 Å². The average Bonchev–Trinajstić information content (AvgIpc) is 2.30. The normalized spacial score (nSPS) is 17.7. The molecule has 82 valence electrons. The molecule has 0 bridgehead atoms. The Morgan fingerprint density at radius 1 is 1.47 bits per heavy atom. The zero-order valence-corrected chi connectivity index (χ0v) is 8.70. The van der Waals surface area contributed by atoms with E-state index in [0.717, 1.165) is 31.6 Å². The van der Waals surface area contributed by atoms with Gasteiger partial charge < -0.3 is 9.47 Å². The lowest BCUT2D eigenvalue weighted by Crippen LogP contribution is -2.15. The van der Waals surface area contributed by atoms with Gasteiger partial charge >= 0.3 is 0 Å². The number of hydrogen-bond donors (Lipinski definition) is 0. The first-order valence-electron chi connectivity index (χ1n) is 5.08. The number of methoxy groups -OCH3 is 1. The zero-order valence-electron chi connectivity index (χ0n) is 8.70. The van der Waals surface area contributed by atoms with Crippen LogP contribution in [-0.2, 0) is 4.74 Å². The Kier molecular flexibility index (Phi) is 3.16. The van der Waals surface area contributed by atoms with Crippen molar-refractivity contribution in [1.29, 1.82) is 0 Å². The Hall–Kier alpha value is -1.16. The molecule has 1 aromatic heterocycles. The number of ether oxygens (including phenoxy) is 2. The van der Waals surface area contributed by atoms with Gasteiger partial charge in [0.2, 0.25) is 5.88 Å². The number of halogens is 1. The molecule has 0 unspecified atom stereocenters. The highest BCUT2D eigenvalue weighted by Crippen LogP contribution is 2.32. The summed E-state index contributed by atoms with van der Waals surface area (Å²) in [6, 6.07) is 1.52. The molecule has 2 heterocycles. The van der Waals surface area contributed by atoms with Gasteiger partial charge in [-0.25, -0.2) is 9.37 Å². The van der Waals surface area contributed by atoms with E-state index in [9.17, 15) is 4.39 Å². The van der Waals surface area contributed by atoms with E-state index in [1.54, 1.807) is 7.11 Å². The minimum absolute atomic E-state index is 0.303. The van der Waals surface area contributed by atoms with Crippen LogP contribution in [0.15, 0.2) is 12.3 Å². The Bertz CT molecular complexity index is 337. The van der Waals surface area contributed by atoms with Crippen molar-refractivity contribution in [3.05, 3.63) is 23.6 Å². The molecule has 1 aliphatic rings. The Labute approximate surface area is 88.2 Å². The molecule has 0 aromatic carbocycles. The van der Waals surface area contributed by atoms with Crippen LogP contribution < -0.4 is 4.74 Å². The number of hydrogen-bond acceptors (Lipinski definition) is 3. The maximum atomic E-state index is 13.1. The van der Waals surface area contributed by atoms with Crippen LogP contribution >= 0.6 is 0 Å². The predicted molar refractivity (Wildman–Crippen MR) is 53.5 cm³/mol. The second-order valence-corrected chi connectivity index (χ2v) is 3.64. The van der Waals surface area contributed by atoms with Crippen LogP contribution in [0.3, 0.4) is 0 Å². The van der Waals surface area contributed by atoms with Gasteiger partial charge in [0.05, 0.1) is 13.3 Å². The molecule has 0 spiro atoms. The highest BCUT2D eigenvalue weighted by Gasteiger charge is 2.20. The summed E-state index contributed by atoms with van der Waals surface area (Å²) in [5.74, 6) is 0.525. The van der Waals surface area contributed by atoms with Crippen molar-refractivity contribution in [1.82, 2.24) is 4.98 Å². The third kappa shape index (κ3) is 2.26. The molecule has 0 N–H and O–H groups in total. The third-order valence-corrected chi connectivity index (χ3v) is 2.70. The first-order valence-corrected chi connectivity index (χ1v) is 5.08. The van der Waals surface area contributed by atoms with Gasteiger partial charge in [-0.2, -0.15) is 0 Å². The van der Waals surface area contributed by atoms with E-state index in [1.807, 2.05) is 0 Å². The Morgan fingerprint density at radius 3 is 2.87 bits per heavy atom. The highest BCUT2D eigenvalue weighted by atomic mass is 19.1. The second-order valence-electron chi connectivity index (χ2n) is 3.64. The maximum absolute atomic E-state index is 13.1. The van der Waals surface area contributed by atoms with Crippen molar-refractivity contribution >= 4 is 0 Å². The number of aromatic nitrogens is 1. The SMILES string of the molecule is COc1ncc(F)cc1C1CCOCC1. The van der Waals surface area contributed by atoms with E-state index in [2.05, 4.69) is 4.98 Å². The molecular formula is C11H14FNO2. The van der Waals surface area contributed by atoms with Crippen molar-refractivity contribution in [3.8, 4) is 5.88 Å². The van der Waals surface area contributed by atoms with Crippen molar-refractivity contribution < 1.29 is 13.9 Å². The molecule has 4 heteroatoms. The van der Waals surface area contributed by atoms with Crippen LogP contribution in [0.2, 0.25) is 0 Å². The summed E-state index contributed by atoms with van der Waals surface area (Å²) in [4.78, 5) is 3.93. The van der Waals surface area contributed by atoms with E-state index in [1.165, 1.54) is 12.3 Å². The molecule has 0 aliphatic carbocycles. The topological polar surface area (TPSA) is 31.4 Å². The maximum Gasteiger partial charge on any atom is 0.216 e. The second kappa shape index (κ2) is 4.57. The van der Waals surface area contributed by atoms with Crippen LogP contribution in [0.5, 0.6) is 5.88 Å². The van der Waals surface area contributed by atoms with E-state index in [-0.39, 0.29) is 5.82 Å². The van der Waals surface area contributed by atoms with Crippen molar-refractivity contribution in [2.75, 3.05) is 20.3 Å². The quantitative estimate of drug-likeness (QED) is 0.750. The lowest BCUT2D eigenvalue weighted by molar-refractivity contribution is 0.0846. The van der Waals surface area contributed by atoms with Crippen molar-refractivity contribution in [2.45, 2.75) is 18.8 Å². The number of rotatable bonds is 2. The molecular weight excluding hydrogens is 197 g/mol. The summed E-state index contributed by atoms with van der Waals surface area (Å²) in [5, 5.41) is 0. The van der Waals surface area contributed by atoms with Crippen molar-refractivity contribution in [3.63, 3.8) is 0 Å². The van der Waals surface area contributed by atoms with Crippen LogP contribution in [0.4, 0.5) is 4.39 Å². The molecule has 3 nitrogen and oxygen atoms in total. The largest absolute Gasteiger partial charge is 0.481 e. The van der Waals surface area contributed by atoms with Gasteiger partial charge in [0.15, 0.2) is 0 Å². The van der Waals surface area contributed by atoms with Crippen LogP contribution in [-0.4, -0.2) is 25.3 Å². The molecule has 0 atom stereocenters. The zero-order chi connectivity index (χ0) is 10.7. The summed E-state index contributed by atoms with van der Waals surface area (Å²) in [6.45, 7) is 1.45. The number of pyridine rings is 1. The van der Waals surface area contributed by atoms with Crippen LogP contribution in [0, 0.1) is 5.82 Å². The molecule has 1 saturated heterocycles. The van der Waals surface area contributed by atoms with E-state index < -0.39 is 0 Å². The summed E-state index contributed by atoms with van der Waals surface area (Å²) in [7, 11) is 1.56. The number of nitrogens with zero attached hydrogens (tertiary/aromatic N) is 1. The summed E-state index contributed by atoms with van der Waals surface area (Å²) < 4.78 is 23.5. The highest BCUT2D eigenvalue weighted by molar-refractivity contribution is 5.30. The van der Waals surface area contributed by atoms with E-state index in [0.29, 0.717) is 11.8 Å². The minimum atomic E-state index is -0.308. The van der Waals surface area contributed by atoms with E-state index >= 15 is 0 Å². The van der Waals surface area contributed by atoms with E-state index in [4.69, 9.17) is 9.47 Å². The van der Waals surface area contributed by atoms with Gasteiger partial charge in [0.25, 0.3) is 0 Å². The molecule has 15 heavy (non-hydrogen) atoms. The van der Waals surface area contributed by atoms with Gasteiger partial charge in [-0.15, -0.1) is 0 Å². The third-order valence-electron chi connectivity index (χ3n) is 2.70. The monoisotopic (exact) mass is 211 g/mol. The smallest absolute Gasteiger partial charge is 0.216 e. The summed E-state index contributed by atoms with van der Waals surface area (Å²) in [5.41, 5.74) is 0.862. The van der Waals surface area contributed by atoms with Gasteiger partial charge in [0, 0.05) is 18.8 Å². The van der Waals surface area contributed by atoms with Gasteiger partial charge in [0.1, 0.15) is 5.82 Å². The molecule has 1 fully saturated rings. The lowest BCUT2D eigenvalue weighted by Gasteiger charge is -2.23. The molecule has 0 saturated carbocycles. The molecule has 2 rings (SSSR count). The molecule has 1 aromatic rings. The summed E-state index contributed by atoms with van der Waals surface area (Å²) >= 11 is 0. The lowest BCUT2D eigenvalue weighted by atomic mass is 9.92. The van der Waals surface area contributed by atoms with Crippen LogP contribution in [0.25, 0.3) is 0 Å². The van der Waals surface area contributed by atoms with Gasteiger partial charge in [-0.1, -0.05) is 0 Å². The standard InChI is InChI=1S/C11H14FNO2/c1-14-11-10(6-9(12)7-13-11)8-2-4-15-5-3-8/h6-8H,2-5H2,1H3. The van der Waals surface area contributed by atoms with Gasteiger partial charge in [-0.3, -0.25) is 0 Å². The first-order chi connectivity index (χ1) is 7.31.